The summed E-state index contributed by atoms with van der Waals surface area (Å²) >= 11 is 0. The summed E-state index contributed by atoms with van der Waals surface area (Å²) in [6.45, 7) is 0. The average Bonchev–Trinajstić information content (AvgIpc) is 2.46. The van der Waals surface area contributed by atoms with Gasteiger partial charge >= 0.3 is 0 Å². The fraction of sp³-hybridized carbons (Fsp3) is 0. The van der Waals surface area contributed by atoms with Crippen molar-refractivity contribution in [1.29, 1.82) is 0 Å². The Kier molecular flexibility index (Phi) is 3.47. The summed E-state index contributed by atoms with van der Waals surface area (Å²) in [5.74, 6) is 0. The average molecular weight is 255 g/mol. The van der Waals surface area contributed by atoms with Gasteiger partial charge in [-0.1, -0.05) is 24.3 Å². The number of hydrogen-bond donors (Lipinski definition) is 0. The number of rotatable bonds is 4. The first-order valence-corrected chi connectivity index (χ1v) is 5.45. The highest BCUT2D eigenvalue weighted by Crippen LogP contribution is 2.32. The van der Waals surface area contributed by atoms with Crippen LogP contribution in [0.15, 0.2) is 42.5 Å². The highest BCUT2D eigenvalue weighted by atomic mass is 16.6. The summed E-state index contributed by atoms with van der Waals surface area (Å²) < 4.78 is 0. The SMILES string of the molecule is O=Cc1ccc([N+](=O)[O-])c(-c2ccccc2C=O)c1. The van der Waals surface area contributed by atoms with E-state index in [1.165, 1.54) is 18.2 Å². The molecule has 94 valence electrons. The van der Waals surface area contributed by atoms with Crippen LogP contribution in [0.2, 0.25) is 0 Å². The molecule has 0 fully saturated rings. The quantitative estimate of drug-likeness (QED) is 0.478. The summed E-state index contributed by atoms with van der Waals surface area (Å²) in [5.41, 5.74) is 1.22. The van der Waals surface area contributed by atoms with Gasteiger partial charge in [0, 0.05) is 17.2 Å². The first-order valence-electron chi connectivity index (χ1n) is 5.45. The molecule has 0 amide bonds. The lowest BCUT2D eigenvalue weighted by molar-refractivity contribution is -0.384. The van der Waals surface area contributed by atoms with Gasteiger partial charge in [-0.2, -0.15) is 0 Å². The van der Waals surface area contributed by atoms with Gasteiger partial charge in [0.05, 0.1) is 10.5 Å². The molecule has 0 heterocycles. The lowest BCUT2D eigenvalue weighted by Crippen LogP contribution is -1.96. The van der Waals surface area contributed by atoms with E-state index in [4.69, 9.17) is 0 Å². The Morgan fingerprint density at radius 1 is 0.947 bits per heavy atom. The Morgan fingerprint density at radius 2 is 1.68 bits per heavy atom. The fourth-order valence-corrected chi connectivity index (χ4v) is 1.85. The highest BCUT2D eigenvalue weighted by Gasteiger charge is 2.17. The topological polar surface area (TPSA) is 77.3 Å². The van der Waals surface area contributed by atoms with Crippen LogP contribution >= 0.6 is 0 Å². The molecule has 0 bridgehead atoms. The summed E-state index contributed by atoms with van der Waals surface area (Å²) in [6, 6.07) is 10.6. The highest BCUT2D eigenvalue weighted by molar-refractivity contribution is 5.92. The molecule has 5 nitrogen and oxygen atoms in total. The number of carbonyl (C=O) groups excluding carboxylic acids is 2. The molecule has 0 aromatic heterocycles. The second kappa shape index (κ2) is 5.22. The van der Waals surface area contributed by atoms with E-state index in [1.807, 2.05) is 0 Å². The van der Waals surface area contributed by atoms with Crippen LogP contribution in [0.25, 0.3) is 11.1 Å². The molecule has 19 heavy (non-hydrogen) atoms. The third-order valence-corrected chi connectivity index (χ3v) is 2.73. The normalized spacial score (nSPS) is 9.89. The number of nitro groups is 1. The summed E-state index contributed by atoms with van der Waals surface area (Å²) in [5, 5.41) is 11.0. The van der Waals surface area contributed by atoms with E-state index in [-0.39, 0.29) is 11.3 Å². The van der Waals surface area contributed by atoms with Crippen molar-refractivity contribution < 1.29 is 14.5 Å². The number of nitrogens with zero attached hydrogens (tertiary/aromatic N) is 1. The molecule has 0 unspecified atom stereocenters. The van der Waals surface area contributed by atoms with Crippen LogP contribution in [0.1, 0.15) is 20.7 Å². The zero-order valence-corrected chi connectivity index (χ0v) is 9.78. The molecule has 0 aliphatic heterocycles. The van der Waals surface area contributed by atoms with Crippen molar-refractivity contribution in [3.63, 3.8) is 0 Å². The molecule has 2 aromatic rings. The van der Waals surface area contributed by atoms with Gasteiger partial charge in [-0.15, -0.1) is 0 Å². The first-order chi connectivity index (χ1) is 9.17. The summed E-state index contributed by atoms with van der Waals surface area (Å²) in [6.07, 6.45) is 1.24. The summed E-state index contributed by atoms with van der Waals surface area (Å²) in [7, 11) is 0. The Bertz CT molecular complexity index is 664. The Morgan fingerprint density at radius 3 is 2.32 bits per heavy atom. The van der Waals surface area contributed by atoms with Gasteiger partial charge in [0.15, 0.2) is 6.29 Å². The van der Waals surface area contributed by atoms with Crippen molar-refractivity contribution in [1.82, 2.24) is 0 Å². The Balaban J connectivity index is 2.75. The predicted octanol–water partition coefficient (Wildman–Crippen LogP) is 2.89. The predicted molar refractivity (Wildman–Crippen MR) is 69.3 cm³/mol. The second-order valence-corrected chi connectivity index (χ2v) is 3.86. The van der Waals surface area contributed by atoms with Crippen molar-refractivity contribution in [2.24, 2.45) is 0 Å². The van der Waals surface area contributed by atoms with E-state index in [1.54, 1.807) is 24.3 Å². The monoisotopic (exact) mass is 255 g/mol. The van der Waals surface area contributed by atoms with Crippen LogP contribution in [-0.2, 0) is 0 Å². The van der Waals surface area contributed by atoms with Crippen LogP contribution in [0.3, 0.4) is 0 Å². The van der Waals surface area contributed by atoms with Crippen LogP contribution in [0.4, 0.5) is 5.69 Å². The molecule has 5 heteroatoms. The number of carbonyl (C=O) groups is 2. The minimum absolute atomic E-state index is 0.139. The summed E-state index contributed by atoms with van der Waals surface area (Å²) in [4.78, 5) is 32.3. The van der Waals surface area contributed by atoms with Crippen molar-refractivity contribution in [3.05, 3.63) is 63.7 Å². The van der Waals surface area contributed by atoms with Crippen molar-refractivity contribution >= 4 is 18.3 Å². The van der Waals surface area contributed by atoms with Gasteiger partial charge < -0.3 is 0 Å². The van der Waals surface area contributed by atoms with Gasteiger partial charge in [-0.05, 0) is 17.7 Å². The minimum Gasteiger partial charge on any atom is -0.298 e. The molecular weight excluding hydrogens is 246 g/mol. The van der Waals surface area contributed by atoms with Crippen molar-refractivity contribution in [2.45, 2.75) is 0 Å². The number of benzene rings is 2. The van der Waals surface area contributed by atoms with Crippen LogP contribution < -0.4 is 0 Å². The van der Waals surface area contributed by atoms with E-state index in [0.717, 1.165) is 0 Å². The van der Waals surface area contributed by atoms with E-state index >= 15 is 0 Å². The van der Waals surface area contributed by atoms with Gasteiger partial charge in [0.25, 0.3) is 5.69 Å². The third-order valence-electron chi connectivity index (χ3n) is 2.73. The van der Waals surface area contributed by atoms with E-state index < -0.39 is 4.92 Å². The number of nitro benzene ring substituents is 1. The second-order valence-electron chi connectivity index (χ2n) is 3.86. The maximum absolute atomic E-state index is 11.0. The maximum atomic E-state index is 11.0. The van der Waals surface area contributed by atoms with Crippen LogP contribution in [0.5, 0.6) is 0 Å². The lowest BCUT2D eigenvalue weighted by atomic mass is 9.97. The first kappa shape index (κ1) is 12.6. The smallest absolute Gasteiger partial charge is 0.277 e. The Hall–Kier alpha value is -2.82. The molecule has 0 aliphatic carbocycles. The number of aldehydes is 2. The molecule has 0 saturated heterocycles. The van der Waals surface area contributed by atoms with Gasteiger partial charge in [0.2, 0.25) is 0 Å². The van der Waals surface area contributed by atoms with E-state index in [9.17, 15) is 19.7 Å². The molecular formula is C14H9NO4. The molecule has 2 aromatic carbocycles. The van der Waals surface area contributed by atoms with Crippen molar-refractivity contribution in [3.8, 4) is 11.1 Å². The molecule has 0 radical (unpaired) electrons. The standard InChI is InChI=1S/C14H9NO4/c16-8-10-5-6-14(15(18)19)13(7-10)12-4-2-1-3-11(12)9-17/h1-9H. The fourth-order valence-electron chi connectivity index (χ4n) is 1.85. The minimum atomic E-state index is -0.536. The third kappa shape index (κ3) is 2.40. The van der Waals surface area contributed by atoms with Gasteiger partial charge in [0.1, 0.15) is 6.29 Å². The molecule has 0 atom stereocenters. The molecule has 0 aliphatic rings. The largest absolute Gasteiger partial charge is 0.298 e. The van der Waals surface area contributed by atoms with Gasteiger partial charge in [-0.3, -0.25) is 19.7 Å². The Labute approximate surface area is 108 Å². The maximum Gasteiger partial charge on any atom is 0.277 e. The molecule has 0 N–H and O–H groups in total. The molecule has 2 rings (SSSR count). The number of hydrogen-bond acceptors (Lipinski definition) is 4. The van der Waals surface area contributed by atoms with E-state index in [2.05, 4.69) is 0 Å². The van der Waals surface area contributed by atoms with Gasteiger partial charge in [-0.25, -0.2) is 0 Å². The lowest BCUT2D eigenvalue weighted by Gasteiger charge is -2.06. The zero-order chi connectivity index (χ0) is 13.8. The van der Waals surface area contributed by atoms with E-state index in [0.29, 0.717) is 29.3 Å². The zero-order valence-electron chi connectivity index (χ0n) is 9.78. The van der Waals surface area contributed by atoms with Crippen LogP contribution in [0, 0.1) is 10.1 Å². The molecule has 0 spiro atoms. The van der Waals surface area contributed by atoms with Crippen molar-refractivity contribution in [2.75, 3.05) is 0 Å². The molecule has 0 saturated carbocycles. The van der Waals surface area contributed by atoms with Crippen LogP contribution in [-0.4, -0.2) is 17.5 Å².